The molecule has 240 valence electrons. The molecule has 5 aromatic rings. The van der Waals surface area contributed by atoms with Crippen molar-refractivity contribution in [3.63, 3.8) is 0 Å². The lowest BCUT2D eigenvalue weighted by atomic mass is 9.75. The van der Waals surface area contributed by atoms with Gasteiger partial charge in [0.05, 0.1) is 16.9 Å². The number of anilines is 3. The number of Topliss-reactive ketones (excluding diaryl/α,β-unsaturated/α-hetero) is 1. The maximum absolute atomic E-state index is 14.3. The average molecular weight is 643 g/mol. The lowest BCUT2D eigenvalue weighted by Crippen LogP contribution is -2.67. The highest BCUT2D eigenvalue weighted by Gasteiger charge is 2.51. The van der Waals surface area contributed by atoms with Crippen molar-refractivity contribution in [3.8, 4) is 11.3 Å². The molecule has 0 fully saturated rings. The number of H-pyrrole nitrogens is 1. The van der Waals surface area contributed by atoms with Crippen molar-refractivity contribution >= 4 is 47.6 Å². The second-order valence-corrected chi connectivity index (χ2v) is 18.2. The highest BCUT2D eigenvalue weighted by molar-refractivity contribution is 6.99. The van der Waals surface area contributed by atoms with Crippen LogP contribution in [0.1, 0.15) is 57.1 Å². The van der Waals surface area contributed by atoms with E-state index >= 15 is 0 Å². The van der Waals surface area contributed by atoms with Crippen molar-refractivity contribution in [2.24, 2.45) is 5.41 Å². The van der Waals surface area contributed by atoms with Gasteiger partial charge < -0.3 is 20.0 Å². The molecule has 0 aliphatic heterocycles. The minimum absolute atomic E-state index is 0.0665. The van der Waals surface area contributed by atoms with Gasteiger partial charge in [-0.05, 0) is 46.1 Å². The first-order valence-corrected chi connectivity index (χ1v) is 18.0. The third kappa shape index (κ3) is 6.44. The molecule has 8 heteroatoms. The molecule has 0 radical (unpaired) electrons. The molecule has 3 aromatic carbocycles. The van der Waals surface area contributed by atoms with Crippen LogP contribution in [0.4, 0.5) is 17.2 Å². The fourth-order valence-electron chi connectivity index (χ4n) is 6.95. The summed E-state index contributed by atoms with van der Waals surface area (Å²) in [6.07, 6.45) is 2.65. The molecule has 1 unspecified atom stereocenters. The fourth-order valence-corrected chi connectivity index (χ4v) is 11.7. The first kappa shape index (κ1) is 32.2. The highest BCUT2D eigenvalue weighted by Crippen LogP contribution is 2.45. The topological polar surface area (TPSA) is 96.1 Å². The number of rotatable bonds is 9. The summed E-state index contributed by atoms with van der Waals surface area (Å²) in [7, 11) is -2.80. The van der Waals surface area contributed by atoms with Gasteiger partial charge in [0.2, 0.25) is 5.91 Å². The van der Waals surface area contributed by atoms with E-state index in [0.717, 1.165) is 28.3 Å². The van der Waals surface area contributed by atoms with E-state index in [1.54, 1.807) is 6.20 Å². The van der Waals surface area contributed by atoms with Gasteiger partial charge >= 0.3 is 0 Å². The average Bonchev–Trinajstić information content (AvgIpc) is 3.39. The van der Waals surface area contributed by atoms with E-state index in [2.05, 4.69) is 96.8 Å². The smallest absolute Gasteiger partial charge is 0.261 e. The number of aromatic amines is 1. The third-order valence-electron chi connectivity index (χ3n) is 9.00. The number of amides is 1. The van der Waals surface area contributed by atoms with E-state index in [-0.39, 0.29) is 16.7 Å². The minimum Gasteiger partial charge on any atom is -0.407 e. The molecule has 0 saturated heterocycles. The van der Waals surface area contributed by atoms with E-state index in [1.165, 1.54) is 17.3 Å². The highest BCUT2D eigenvalue weighted by atomic mass is 28.4. The lowest BCUT2D eigenvalue weighted by molar-refractivity contribution is -0.114. The van der Waals surface area contributed by atoms with Crippen molar-refractivity contribution in [3.05, 3.63) is 121 Å². The van der Waals surface area contributed by atoms with Crippen LogP contribution in [0, 0.1) is 5.41 Å². The summed E-state index contributed by atoms with van der Waals surface area (Å²) in [6, 6.07) is 34.8. The van der Waals surface area contributed by atoms with E-state index in [4.69, 9.17) is 4.43 Å². The molecule has 0 bridgehead atoms. The van der Waals surface area contributed by atoms with Gasteiger partial charge in [-0.3, -0.25) is 9.59 Å². The Morgan fingerprint density at radius 1 is 0.915 bits per heavy atom. The molecule has 1 amide bonds. The summed E-state index contributed by atoms with van der Waals surface area (Å²) in [5, 5.41) is 8.57. The summed E-state index contributed by atoms with van der Waals surface area (Å²) >= 11 is 0. The molecular weight excluding hydrogens is 601 g/mol. The van der Waals surface area contributed by atoms with Crippen LogP contribution in [0.15, 0.2) is 109 Å². The first-order valence-electron chi connectivity index (χ1n) is 16.1. The zero-order valence-electron chi connectivity index (χ0n) is 27.7. The number of pyridine rings is 1. The number of fused-ring (bicyclic) bond motifs is 1. The lowest BCUT2D eigenvalue weighted by Gasteiger charge is -2.45. The molecule has 7 nitrogen and oxygen atoms in total. The Bertz CT molecular complexity index is 1840. The molecule has 47 heavy (non-hydrogen) atoms. The normalized spacial score (nSPS) is 16.4. The summed E-state index contributed by atoms with van der Waals surface area (Å²) in [6.45, 7) is 10.9. The third-order valence-corrected chi connectivity index (χ3v) is 14.0. The van der Waals surface area contributed by atoms with Crippen molar-refractivity contribution in [1.29, 1.82) is 0 Å². The Kier molecular flexibility index (Phi) is 8.74. The van der Waals surface area contributed by atoms with E-state index in [1.807, 2.05) is 54.6 Å². The number of hydrogen-bond donors (Lipinski definition) is 3. The first-order chi connectivity index (χ1) is 22.5. The molecule has 6 rings (SSSR count). The van der Waals surface area contributed by atoms with Crippen LogP contribution in [0.25, 0.3) is 11.3 Å². The number of carbonyl (C=O) groups is 2. The maximum Gasteiger partial charge on any atom is 0.261 e. The van der Waals surface area contributed by atoms with Crippen LogP contribution >= 0.6 is 0 Å². The zero-order valence-corrected chi connectivity index (χ0v) is 28.7. The van der Waals surface area contributed by atoms with E-state index in [9.17, 15) is 9.59 Å². The number of hydrogen-bond acceptors (Lipinski definition) is 5. The number of nitrogens with one attached hydrogen (secondary N) is 3. The van der Waals surface area contributed by atoms with Crippen LogP contribution in [0.5, 0.6) is 0 Å². The van der Waals surface area contributed by atoms with Crippen LogP contribution in [0.3, 0.4) is 0 Å². The van der Waals surface area contributed by atoms with Gasteiger partial charge in [0.1, 0.15) is 5.82 Å². The number of aromatic nitrogens is 2. The number of carbonyl (C=O) groups excluding carboxylic acids is 2. The van der Waals surface area contributed by atoms with Crippen molar-refractivity contribution < 1.29 is 14.0 Å². The van der Waals surface area contributed by atoms with E-state index < -0.39 is 13.7 Å². The quantitative estimate of drug-likeness (QED) is 0.145. The summed E-state index contributed by atoms with van der Waals surface area (Å²) in [4.78, 5) is 34.0. The van der Waals surface area contributed by atoms with E-state index in [0.29, 0.717) is 30.8 Å². The molecule has 3 N–H and O–H groups in total. The van der Waals surface area contributed by atoms with Crippen LogP contribution < -0.4 is 21.0 Å². The second-order valence-electron chi connectivity index (χ2n) is 13.9. The molecule has 0 saturated carbocycles. The van der Waals surface area contributed by atoms with Crippen LogP contribution in [-0.2, 0) is 15.6 Å². The summed E-state index contributed by atoms with van der Waals surface area (Å²) in [5.41, 5.74) is 4.30. The molecule has 1 atom stereocenters. The number of nitrogens with zero attached hydrogens (tertiary/aromatic N) is 1. The van der Waals surface area contributed by atoms with Crippen LogP contribution in [0.2, 0.25) is 5.04 Å². The molecule has 0 spiro atoms. The molecule has 2 aromatic heterocycles. The predicted octanol–water partition coefficient (Wildman–Crippen LogP) is 7.49. The van der Waals surface area contributed by atoms with Crippen molar-refractivity contribution in [1.82, 2.24) is 9.97 Å². The Morgan fingerprint density at radius 2 is 1.51 bits per heavy atom. The molecule has 1 aliphatic rings. The largest absolute Gasteiger partial charge is 0.407 e. The Hall–Kier alpha value is -4.79. The van der Waals surface area contributed by atoms with Crippen molar-refractivity contribution in [2.75, 3.05) is 17.2 Å². The Labute approximate surface area is 278 Å². The van der Waals surface area contributed by atoms with Crippen molar-refractivity contribution in [2.45, 2.75) is 52.5 Å². The molecular formula is C39H42N4O3Si. The summed E-state index contributed by atoms with van der Waals surface area (Å²) < 4.78 is 7.35. The molecule has 1 aliphatic carbocycles. The van der Waals surface area contributed by atoms with Gasteiger partial charge in [-0.25, -0.2) is 4.98 Å². The number of ketones is 1. The maximum atomic E-state index is 14.3. The summed E-state index contributed by atoms with van der Waals surface area (Å²) in [5.74, 6) is 0.315. The zero-order chi connectivity index (χ0) is 33.2. The Morgan fingerprint density at radius 3 is 2.09 bits per heavy atom. The second kappa shape index (κ2) is 12.8. The van der Waals surface area contributed by atoms with Gasteiger partial charge in [-0.1, -0.05) is 107 Å². The van der Waals surface area contributed by atoms with Gasteiger partial charge in [0.15, 0.2) is 5.78 Å². The van der Waals surface area contributed by atoms with Gasteiger partial charge in [-0.15, -0.1) is 0 Å². The SMILES string of the molecule is CC(=O)Nc1cc(-c2[nH]c3c(c2Nc2ccccc2)C(=O)CC(C)(CO[Si](c2ccccc2)(c2ccccc2)C(C)(C)C)C3)ccn1. The van der Waals surface area contributed by atoms with Gasteiger partial charge in [-0.2, -0.15) is 0 Å². The fraction of sp³-hybridized carbons (Fsp3) is 0.256. The number of para-hydroxylation sites is 1. The standard InChI is InChI=1S/C39H42N4O3Si/c1-27(44)41-34-23-28(21-22-40-34)36-37(42-29-15-9-6-10-16-29)35-32(43-36)24-39(5,25-33(35)45)26-46-47(38(2,3)4,30-17-11-7-12-18-30)31-19-13-8-14-20-31/h6-23,42-43H,24-26H2,1-5H3,(H,40,41,44). The van der Waals surface area contributed by atoms with Gasteiger partial charge in [0, 0.05) is 48.5 Å². The number of benzene rings is 3. The van der Waals surface area contributed by atoms with Gasteiger partial charge in [0.25, 0.3) is 8.32 Å². The monoisotopic (exact) mass is 642 g/mol. The minimum atomic E-state index is -2.80. The van der Waals surface area contributed by atoms with Crippen LogP contribution in [-0.4, -0.2) is 36.6 Å². The predicted molar refractivity (Wildman–Crippen MR) is 192 cm³/mol. The molecule has 2 heterocycles. The Balaban J connectivity index is 1.40.